The van der Waals surface area contributed by atoms with E-state index in [-0.39, 0.29) is 29.3 Å². The van der Waals surface area contributed by atoms with Crippen LogP contribution in [-0.4, -0.2) is 48.1 Å². The molecule has 6 nitrogen and oxygen atoms in total. The number of urea groups is 1. The Morgan fingerprint density at radius 3 is 2.64 bits per heavy atom. The van der Waals surface area contributed by atoms with E-state index in [9.17, 15) is 31.5 Å². The summed E-state index contributed by atoms with van der Waals surface area (Å²) in [5, 5.41) is 1.64. The average molecular weight is 565 g/mol. The van der Waals surface area contributed by atoms with Crippen LogP contribution in [0.5, 0.6) is 0 Å². The molecule has 36 heavy (non-hydrogen) atoms. The van der Waals surface area contributed by atoms with Gasteiger partial charge in [0, 0.05) is 36.4 Å². The second-order valence-electron chi connectivity index (χ2n) is 8.46. The Morgan fingerprint density at radius 2 is 1.97 bits per heavy atom. The minimum atomic E-state index is -4.71. The molecule has 3 amide bonds. The van der Waals surface area contributed by atoms with E-state index in [0.29, 0.717) is 12.8 Å². The Morgan fingerprint density at radius 1 is 1.28 bits per heavy atom. The zero-order valence-corrected chi connectivity index (χ0v) is 21.0. The highest BCUT2D eigenvalue weighted by atomic mass is 35.5. The summed E-state index contributed by atoms with van der Waals surface area (Å²) in [5.41, 5.74) is -0.843. The second kappa shape index (κ2) is 8.95. The van der Waals surface area contributed by atoms with Crippen molar-refractivity contribution < 1.29 is 31.5 Å². The number of thioether (sulfide) groups is 2. The normalized spacial score (nSPS) is 20.7. The number of alkyl halides is 3. The third-order valence-electron chi connectivity index (χ3n) is 6.43. The summed E-state index contributed by atoms with van der Waals surface area (Å²) in [6.07, 6.45) is -3.91. The van der Waals surface area contributed by atoms with Gasteiger partial charge in [0.05, 0.1) is 15.3 Å². The highest BCUT2D eigenvalue weighted by molar-refractivity contribution is 8.20. The van der Waals surface area contributed by atoms with E-state index in [4.69, 9.17) is 11.6 Å². The molecular formula is C22H18ClF5N4O2S2. The molecule has 1 unspecified atom stereocenters. The van der Waals surface area contributed by atoms with Crippen LogP contribution in [0.1, 0.15) is 23.2 Å². The predicted octanol–water partition coefficient (Wildman–Crippen LogP) is 5.17. The standard InChI is InChI=1S/C22H18ClF5N4O2S2/c1-31(13-3-2-11(24)17(23)18(13)25)19(33)14-9-29-20(34)32(14)15-8-10(22(26,27)28)16-12(30-15)4-5-21(16)35-6-7-36-21/h2-3,8,14H,4-7,9H2,1H3,(H,29,34). The van der Waals surface area contributed by atoms with Crippen molar-refractivity contribution in [2.24, 2.45) is 0 Å². The monoisotopic (exact) mass is 564 g/mol. The first-order chi connectivity index (χ1) is 16.9. The zero-order valence-electron chi connectivity index (χ0n) is 18.6. The van der Waals surface area contributed by atoms with Crippen molar-refractivity contribution in [1.82, 2.24) is 10.3 Å². The Bertz CT molecular complexity index is 1270. The van der Waals surface area contributed by atoms with E-state index in [0.717, 1.165) is 39.5 Å². The van der Waals surface area contributed by atoms with Gasteiger partial charge in [-0.1, -0.05) is 11.6 Å². The van der Waals surface area contributed by atoms with E-state index in [2.05, 4.69) is 10.3 Å². The summed E-state index contributed by atoms with van der Waals surface area (Å²) in [4.78, 5) is 32.1. The van der Waals surface area contributed by atoms with Crippen molar-refractivity contribution >= 4 is 58.6 Å². The molecule has 2 aliphatic heterocycles. The number of anilines is 2. The topological polar surface area (TPSA) is 65.5 Å². The number of carbonyl (C=O) groups is 2. The second-order valence-corrected chi connectivity index (χ2v) is 11.9. The lowest BCUT2D eigenvalue weighted by atomic mass is 10.1. The molecule has 192 valence electrons. The summed E-state index contributed by atoms with van der Waals surface area (Å²) in [6, 6.07) is 0.577. The van der Waals surface area contributed by atoms with Crippen molar-refractivity contribution in [3.8, 4) is 0 Å². The molecule has 0 radical (unpaired) electrons. The summed E-state index contributed by atoms with van der Waals surface area (Å²) < 4.78 is 70.1. The molecule has 2 aromatic rings. The van der Waals surface area contributed by atoms with Crippen LogP contribution in [0.25, 0.3) is 0 Å². The zero-order chi connectivity index (χ0) is 26.0. The largest absolute Gasteiger partial charge is 0.416 e. The van der Waals surface area contributed by atoms with Gasteiger partial charge in [0.2, 0.25) is 0 Å². The predicted molar refractivity (Wildman–Crippen MR) is 129 cm³/mol. The third-order valence-corrected chi connectivity index (χ3v) is 10.3. The van der Waals surface area contributed by atoms with E-state index in [1.165, 1.54) is 30.6 Å². The first-order valence-corrected chi connectivity index (χ1v) is 13.2. The van der Waals surface area contributed by atoms with Gasteiger partial charge < -0.3 is 10.2 Å². The Kier molecular flexibility index (Phi) is 6.31. The number of nitrogens with one attached hydrogen (secondary N) is 1. The Labute approximate surface area is 215 Å². The van der Waals surface area contributed by atoms with Crippen LogP contribution in [0.15, 0.2) is 18.2 Å². The van der Waals surface area contributed by atoms with Gasteiger partial charge in [0.25, 0.3) is 5.91 Å². The minimum absolute atomic E-state index is 0.133. The Hall–Kier alpha value is -2.25. The van der Waals surface area contributed by atoms with Gasteiger partial charge in [-0.2, -0.15) is 13.2 Å². The number of halogens is 6. The molecule has 1 aromatic carbocycles. The van der Waals surface area contributed by atoms with Gasteiger partial charge in [-0.05, 0) is 31.0 Å². The SMILES string of the molecule is CN(C(=O)C1CNC(=O)N1c1cc(C(F)(F)F)c2c(n1)CCC21SCCS1)c1ccc(F)c(Cl)c1F. The fourth-order valence-electron chi connectivity index (χ4n) is 4.77. The number of aromatic nitrogens is 1. The van der Waals surface area contributed by atoms with Crippen molar-refractivity contribution in [2.45, 2.75) is 29.1 Å². The molecule has 0 saturated carbocycles. The van der Waals surface area contributed by atoms with Crippen LogP contribution in [0, 0.1) is 11.6 Å². The average Bonchev–Trinajstić information content (AvgIpc) is 3.55. The molecule has 1 aliphatic carbocycles. The third kappa shape index (κ3) is 3.99. The van der Waals surface area contributed by atoms with Crippen molar-refractivity contribution in [3.63, 3.8) is 0 Å². The van der Waals surface area contributed by atoms with Crippen LogP contribution in [-0.2, 0) is 21.5 Å². The van der Waals surface area contributed by atoms with Gasteiger partial charge in [-0.25, -0.2) is 18.6 Å². The van der Waals surface area contributed by atoms with E-state index in [1.54, 1.807) is 0 Å². The summed E-state index contributed by atoms with van der Waals surface area (Å²) >= 11 is 8.56. The molecule has 3 aliphatic rings. The maximum atomic E-state index is 14.5. The molecule has 5 rings (SSSR count). The summed E-state index contributed by atoms with van der Waals surface area (Å²) in [5.74, 6) is -1.87. The quantitative estimate of drug-likeness (QED) is 0.411. The number of fused-ring (bicyclic) bond motifs is 2. The van der Waals surface area contributed by atoms with Crippen molar-refractivity contribution in [1.29, 1.82) is 0 Å². The minimum Gasteiger partial charge on any atom is -0.335 e. The fourth-order valence-corrected chi connectivity index (χ4v) is 8.32. The molecule has 1 spiro atoms. The van der Waals surface area contributed by atoms with Gasteiger partial charge in [-0.15, -0.1) is 23.5 Å². The van der Waals surface area contributed by atoms with Crippen LogP contribution < -0.4 is 15.1 Å². The number of carbonyl (C=O) groups excluding carboxylic acids is 2. The number of benzene rings is 1. The van der Waals surface area contributed by atoms with E-state index < -0.39 is 50.5 Å². The maximum Gasteiger partial charge on any atom is 0.416 e. The molecule has 14 heteroatoms. The van der Waals surface area contributed by atoms with Gasteiger partial charge in [0.15, 0.2) is 5.82 Å². The van der Waals surface area contributed by atoms with Gasteiger partial charge in [0.1, 0.15) is 22.7 Å². The molecule has 0 bridgehead atoms. The summed E-state index contributed by atoms with van der Waals surface area (Å²) in [7, 11) is 1.20. The van der Waals surface area contributed by atoms with Crippen LogP contribution in [0.2, 0.25) is 5.02 Å². The number of rotatable bonds is 3. The molecular weight excluding hydrogens is 547 g/mol. The molecule has 1 atom stereocenters. The van der Waals surface area contributed by atoms with Gasteiger partial charge in [-0.3, -0.25) is 9.69 Å². The van der Waals surface area contributed by atoms with Crippen LogP contribution in [0.3, 0.4) is 0 Å². The smallest absolute Gasteiger partial charge is 0.335 e. The highest BCUT2D eigenvalue weighted by Gasteiger charge is 2.51. The highest BCUT2D eigenvalue weighted by Crippen LogP contribution is 2.61. The fraction of sp³-hybridized carbons (Fsp3) is 0.409. The lowest BCUT2D eigenvalue weighted by Crippen LogP contribution is -2.47. The molecule has 2 fully saturated rings. The first kappa shape index (κ1) is 25.4. The summed E-state index contributed by atoms with van der Waals surface area (Å²) in [6.45, 7) is -0.242. The number of aryl methyl sites for hydroxylation is 1. The van der Waals surface area contributed by atoms with Gasteiger partial charge >= 0.3 is 12.2 Å². The van der Waals surface area contributed by atoms with E-state index in [1.807, 2.05) is 0 Å². The number of nitrogens with zero attached hydrogens (tertiary/aromatic N) is 3. The number of hydrogen-bond donors (Lipinski definition) is 1. The molecule has 2 saturated heterocycles. The van der Waals surface area contributed by atoms with Crippen LogP contribution in [0.4, 0.5) is 38.3 Å². The molecule has 1 N–H and O–H groups in total. The maximum absolute atomic E-state index is 14.5. The van der Waals surface area contributed by atoms with Crippen molar-refractivity contribution in [2.75, 3.05) is 34.9 Å². The van der Waals surface area contributed by atoms with E-state index >= 15 is 0 Å². The molecule has 1 aromatic heterocycles. The Balaban J connectivity index is 1.55. The lowest BCUT2D eigenvalue weighted by molar-refractivity contribution is -0.138. The number of likely N-dealkylation sites (N-methyl/N-ethyl adjacent to an activating group) is 1. The number of pyridine rings is 1. The lowest BCUT2D eigenvalue weighted by Gasteiger charge is -2.29. The van der Waals surface area contributed by atoms with Crippen LogP contribution >= 0.6 is 35.1 Å². The first-order valence-electron chi connectivity index (χ1n) is 10.8. The number of amides is 3. The molecule has 3 heterocycles. The van der Waals surface area contributed by atoms with Crippen molar-refractivity contribution in [3.05, 3.63) is 51.7 Å². The number of hydrogen-bond acceptors (Lipinski definition) is 5.